The van der Waals surface area contributed by atoms with E-state index in [9.17, 15) is 4.79 Å². The van der Waals surface area contributed by atoms with Crippen molar-refractivity contribution in [2.45, 2.75) is 6.42 Å². The summed E-state index contributed by atoms with van der Waals surface area (Å²) < 4.78 is 0. The molecule has 0 aliphatic rings. The summed E-state index contributed by atoms with van der Waals surface area (Å²) in [6.07, 6.45) is 0.223. The first-order valence-electron chi connectivity index (χ1n) is 5.29. The van der Waals surface area contributed by atoms with Crippen LogP contribution in [0.15, 0.2) is 42.5 Å². The Morgan fingerprint density at radius 3 is 2.33 bits per heavy atom. The standard InChI is InChI=1S/C14H9Cl3O/c15-10-5-6-11(13(17)8-10)14(18)7-9-3-1-2-4-12(9)16/h1-6,8H,7H2. The van der Waals surface area contributed by atoms with Crippen LogP contribution in [0, 0.1) is 0 Å². The predicted molar refractivity (Wildman–Crippen MR) is 75.9 cm³/mol. The van der Waals surface area contributed by atoms with Crippen molar-refractivity contribution in [2.75, 3.05) is 0 Å². The van der Waals surface area contributed by atoms with Crippen LogP contribution in [-0.4, -0.2) is 5.78 Å². The number of Topliss-reactive ketones (excluding diaryl/α,β-unsaturated/α-hetero) is 1. The maximum Gasteiger partial charge on any atom is 0.168 e. The highest BCUT2D eigenvalue weighted by Gasteiger charge is 2.12. The highest BCUT2D eigenvalue weighted by molar-refractivity contribution is 6.37. The minimum Gasteiger partial charge on any atom is -0.294 e. The predicted octanol–water partition coefficient (Wildman–Crippen LogP) is 5.07. The van der Waals surface area contributed by atoms with Crippen LogP contribution in [0.3, 0.4) is 0 Å². The summed E-state index contributed by atoms with van der Waals surface area (Å²) in [6.45, 7) is 0. The number of carbonyl (C=O) groups excluding carboxylic acids is 1. The number of rotatable bonds is 3. The van der Waals surface area contributed by atoms with Crippen LogP contribution in [0.1, 0.15) is 15.9 Å². The SMILES string of the molecule is O=C(Cc1ccccc1Cl)c1ccc(Cl)cc1Cl. The molecule has 0 aromatic heterocycles. The van der Waals surface area contributed by atoms with E-state index in [-0.39, 0.29) is 12.2 Å². The van der Waals surface area contributed by atoms with Gasteiger partial charge in [-0.05, 0) is 29.8 Å². The number of hydrogen-bond donors (Lipinski definition) is 0. The Bertz CT molecular complexity index is 593. The van der Waals surface area contributed by atoms with Gasteiger partial charge in [0.05, 0.1) is 5.02 Å². The van der Waals surface area contributed by atoms with Crippen molar-refractivity contribution in [1.82, 2.24) is 0 Å². The molecule has 0 unspecified atom stereocenters. The van der Waals surface area contributed by atoms with Crippen LogP contribution in [0.5, 0.6) is 0 Å². The minimum atomic E-state index is -0.0789. The molecule has 0 heterocycles. The highest BCUT2D eigenvalue weighted by Crippen LogP contribution is 2.24. The highest BCUT2D eigenvalue weighted by atomic mass is 35.5. The lowest BCUT2D eigenvalue weighted by Gasteiger charge is -2.05. The number of benzene rings is 2. The van der Waals surface area contributed by atoms with Crippen LogP contribution in [0.4, 0.5) is 0 Å². The fourth-order valence-corrected chi connectivity index (χ4v) is 2.34. The normalized spacial score (nSPS) is 10.4. The summed E-state index contributed by atoms with van der Waals surface area (Å²) in [7, 11) is 0. The Hall–Kier alpha value is -1.02. The summed E-state index contributed by atoms with van der Waals surface area (Å²) >= 11 is 17.8. The molecular weight excluding hydrogens is 291 g/mol. The van der Waals surface area contributed by atoms with Gasteiger partial charge in [0.15, 0.2) is 5.78 Å². The first-order chi connectivity index (χ1) is 8.58. The van der Waals surface area contributed by atoms with Gasteiger partial charge in [-0.1, -0.05) is 53.0 Å². The van der Waals surface area contributed by atoms with Gasteiger partial charge in [-0.15, -0.1) is 0 Å². The number of hydrogen-bond acceptors (Lipinski definition) is 1. The topological polar surface area (TPSA) is 17.1 Å². The van der Waals surface area contributed by atoms with E-state index in [4.69, 9.17) is 34.8 Å². The lowest BCUT2D eigenvalue weighted by atomic mass is 10.0. The molecule has 0 amide bonds. The number of ketones is 1. The van der Waals surface area contributed by atoms with Crippen LogP contribution < -0.4 is 0 Å². The van der Waals surface area contributed by atoms with Crippen molar-refractivity contribution in [2.24, 2.45) is 0 Å². The zero-order valence-corrected chi connectivity index (χ0v) is 11.6. The molecule has 0 bridgehead atoms. The average Bonchev–Trinajstić information content (AvgIpc) is 2.32. The second kappa shape index (κ2) is 5.75. The quantitative estimate of drug-likeness (QED) is 0.723. The first kappa shape index (κ1) is 13.4. The fraction of sp³-hybridized carbons (Fsp3) is 0.0714. The summed E-state index contributed by atoms with van der Waals surface area (Å²) in [5, 5.41) is 1.45. The third-order valence-electron chi connectivity index (χ3n) is 2.54. The minimum absolute atomic E-state index is 0.0789. The van der Waals surface area contributed by atoms with Gasteiger partial charge in [0.1, 0.15) is 0 Å². The molecule has 0 spiro atoms. The van der Waals surface area contributed by atoms with Crippen molar-refractivity contribution in [3.63, 3.8) is 0 Å². The Morgan fingerprint density at radius 1 is 0.944 bits per heavy atom. The third kappa shape index (κ3) is 3.05. The monoisotopic (exact) mass is 298 g/mol. The van der Waals surface area contributed by atoms with Crippen molar-refractivity contribution in [3.05, 3.63) is 68.7 Å². The molecule has 0 aliphatic heterocycles. The van der Waals surface area contributed by atoms with Gasteiger partial charge in [0.25, 0.3) is 0 Å². The van der Waals surface area contributed by atoms with E-state index in [0.717, 1.165) is 5.56 Å². The van der Waals surface area contributed by atoms with E-state index >= 15 is 0 Å². The van der Waals surface area contributed by atoms with Gasteiger partial charge in [-0.3, -0.25) is 4.79 Å². The number of carbonyl (C=O) groups is 1. The summed E-state index contributed by atoms with van der Waals surface area (Å²) in [6, 6.07) is 12.1. The lowest BCUT2D eigenvalue weighted by molar-refractivity contribution is 0.0993. The van der Waals surface area contributed by atoms with Crippen molar-refractivity contribution in [1.29, 1.82) is 0 Å². The van der Waals surface area contributed by atoms with Crippen LogP contribution in [0.25, 0.3) is 0 Å². The van der Waals surface area contributed by atoms with Crippen molar-refractivity contribution >= 4 is 40.6 Å². The summed E-state index contributed by atoms with van der Waals surface area (Å²) in [5.74, 6) is -0.0789. The van der Waals surface area contributed by atoms with Crippen LogP contribution in [-0.2, 0) is 6.42 Å². The average molecular weight is 300 g/mol. The summed E-state index contributed by atoms with van der Waals surface area (Å²) in [5.41, 5.74) is 1.25. The van der Waals surface area contributed by atoms with Crippen molar-refractivity contribution in [3.8, 4) is 0 Å². The molecule has 92 valence electrons. The molecule has 0 N–H and O–H groups in total. The molecule has 2 aromatic carbocycles. The van der Waals surface area contributed by atoms with Crippen molar-refractivity contribution < 1.29 is 4.79 Å². The fourth-order valence-electron chi connectivity index (χ4n) is 1.63. The molecule has 18 heavy (non-hydrogen) atoms. The molecule has 1 nitrogen and oxygen atoms in total. The molecule has 0 atom stereocenters. The maximum absolute atomic E-state index is 12.1. The Morgan fingerprint density at radius 2 is 1.67 bits per heavy atom. The number of halogens is 3. The Balaban J connectivity index is 2.25. The second-order valence-electron chi connectivity index (χ2n) is 3.82. The van der Waals surface area contributed by atoms with E-state index in [2.05, 4.69) is 0 Å². The van der Waals surface area contributed by atoms with Gasteiger partial charge in [0.2, 0.25) is 0 Å². The summed E-state index contributed by atoms with van der Waals surface area (Å²) in [4.78, 5) is 12.1. The molecule has 0 radical (unpaired) electrons. The van der Waals surface area contributed by atoms with Gasteiger partial charge in [-0.25, -0.2) is 0 Å². The van der Waals surface area contributed by atoms with Gasteiger partial charge in [0, 0.05) is 22.0 Å². The van der Waals surface area contributed by atoms with Gasteiger partial charge < -0.3 is 0 Å². The van der Waals surface area contributed by atoms with E-state index in [1.54, 1.807) is 24.3 Å². The molecule has 0 fully saturated rings. The lowest BCUT2D eigenvalue weighted by Crippen LogP contribution is -2.04. The van der Waals surface area contributed by atoms with Crippen LogP contribution in [0.2, 0.25) is 15.1 Å². The largest absolute Gasteiger partial charge is 0.294 e. The van der Waals surface area contributed by atoms with Crippen LogP contribution >= 0.6 is 34.8 Å². The molecular formula is C14H9Cl3O. The van der Waals surface area contributed by atoms with E-state index in [1.807, 2.05) is 18.2 Å². The van der Waals surface area contributed by atoms with E-state index in [0.29, 0.717) is 20.6 Å². The smallest absolute Gasteiger partial charge is 0.168 e. The molecule has 2 aromatic rings. The first-order valence-corrected chi connectivity index (χ1v) is 6.43. The zero-order chi connectivity index (χ0) is 13.1. The maximum atomic E-state index is 12.1. The molecule has 2 rings (SSSR count). The van der Waals surface area contributed by atoms with Gasteiger partial charge in [-0.2, -0.15) is 0 Å². The molecule has 0 saturated carbocycles. The Kier molecular flexibility index (Phi) is 4.28. The molecule has 0 aliphatic carbocycles. The third-order valence-corrected chi connectivity index (χ3v) is 3.46. The van der Waals surface area contributed by atoms with E-state index < -0.39 is 0 Å². The molecule has 4 heteroatoms. The van der Waals surface area contributed by atoms with E-state index in [1.165, 1.54) is 0 Å². The second-order valence-corrected chi connectivity index (χ2v) is 5.07. The molecule has 0 saturated heterocycles. The zero-order valence-electron chi connectivity index (χ0n) is 9.29. The van der Waals surface area contributed by atoms with Gasteiger partial charge >= 0.3 is 0 Å². The Labute approximate surface area is 120 Å².